The van der Waals surface area contributed by atoms with Crippen molar-refractivity contribution in [1.82, 2.24) is 10.2 Å². The van der Waals surface area contributed by atoms with Crippen molar-refractivity contribution in [2.75, 3.05) is 10.6 Å². The number of benzene rings is 2. The van der Waals surface area contributed by atoms with E-state index in [0.717, 1.165) is 10.9 Å². The minimum atomic E-state index is -0.812. The van der Waals surface area contributed by atoms with Crippen molar-refractivity contribution < 1.29 is 9.59 Å². The van der Waals surface area contributed by atoms with E-state index in [1.54, 1.807) is 30.5 Å². The Bertz CT molecular complexity index is 907. The first-order chi connectivity index (χ1) is 11.0. The van der Waals surface area contributed by atoms with Crippen LogP contribution in [-0.2, 0) is 9.59 Å². The molecular weight excluding hydrogens is 339 g/mol. The van der Waals surface area contributed by atoms with E-state index in [-0.39, 0.29) is 5.02 Å². The van der Waals surface area contributed by atoms with Crippen molar-refractivity contribution >= 4 is 57.3 Å². The van der Waals surface area contributed by atoms with Crippen LogP contribution in [0.15, 0.2) is 42.6 Å². The smallest absolute Gasteiger partial charge is 0.314 e. The third-order valence-corrected chi connectivity index (χ3v) is 3.82. The van der Waals surface area contributed by atoms with Crippen LogP contribution in [-0.4, -0.2) is 22.0 Å². The SMILES string of the molecule is O=C(Nc1ccc(Cl)c(Cl)c1)C(=O)Nc1ccc2cn[nH]c2c1. The molecule has 0 saturated heterocycles. The van der Waals surface area contributed by atoms with Gasteiger partial charge in [0.1, 0.15) is 0 Å². The number of fused-ring (bicyclic) bond motifs is 1. The molecule has 3 N–H and O–H groups in total. The molecule has 1 aromatic heterocycles. The van der Waals surface area contributed by atoms with Crippen LogP contribution < -0.4 is 10.6 Å². The largest absolute Gasteiger partial charge is 0.318 e. The quantitative estimate of drug-likeness (QED) is 0.620. The maximum atomic E-state index is 11.9. The van der Waals surface area contributed by atoms with Gasteiger partial charge in [0.15, 0.2) is 0 Å². The number of amides is 2. The summed E-state index contributed by atoms with van der Waals surface area (Å²) in [6, 6.07) is 9.70. The summed E-state index contributed by atoms with van der Waals surface area (Å²) in [6.07, 6.45) is 1.66. The number of nitrogens with one attached hydrogen (secondary N) is 3. The molecule has 0 bridgehead atoms. The molecule has 0 fully saturated rings. The van der Waals surface area contributed by atoms with Gasteiger partial charge in [-0.15, -0.1) is 0 Å². The lowest BCUT2D eigenvalue weighted by molar-refractivity contribution is -0.132. The fourth-order valence-corrected chi connectivity index (χ4v) is 2.26. The average Bonchev–Trinajstić information content (AvgIpc) is 2.98. The van der Waals surface area contributed by atoms with Crippen LogP contribution in [0.25, 0.3) is 10.9 Å². The number of anilines is 2. The Morgan fingerprint density at radius 1 is 0.913 bits per heavy atom. The molecule has 23 heavy (non-hydrogen) atoms. The second-order valence-electron chi connectivity index (χ2n) is 4.71. The molecule has 0 atom stereocenters. The van der Waals surface area contributed by atoms with Gasteiger partial charge in [0.2, 0.25) is 0 Å². The monoisotopic (exact) mass is 348 g/mol. The summed E-state index contributed by atoms with van der Waals surface area (Å²) in [5.74, 6) is -1.61. The second kappa shape index (κ2) is 6.28. The van der Waals surface area contributed by atoms with Gasteiger partial charge in [-0.3, -0.25) is 14.7 Å². The van der Waals surface area contributed by atoms with E-state index >= 15 is 0 Å². The fourth-order valence-electron chi connectivity index (χ4n) is 1.96. The van der Waals surface area contributed by atoms with Crippen molar-refractivity contribution in [1.29, 1.82) is 0 Å². The zero-order valence-corrected chi connectivity index (χ0v) is 13.1. The zero-order valence-electron chi connectivity index (χ0n) is 11.6. The first-order valence-corrected chi connectivity index (χ1v) is 7.29. The Morgan fingerprint density at radius 3 is 2.26 bits per heavy atom. The normalized spacial score (nSPS) is 10.5. The van der Waals surface area contributed by atoms with E-state index < -0.39 is 11.8 Å². The van der Waals surface area contributed by atoms with Crippen LogP contribution in [0, 0.1) is 0 Å². The summed E-state index contributed by atoms with van der Waals surface area (Å²) in [4.78, 5) is 23.8. The predicted molar refractivity (Wildman–Crippen MR) is 89.8 cm³/mol. The van der Waals surface area contributed by atoms with Crippen LogP contribution in [0.1, 0.15) is 0 Å². The first kappa shape index (κ1) is 15.3. The molecule has 116 valence electrons. The number of nitrogens with zero attached hydrogens (tertiary/aromatic N) is 1. The highest BCUT2D eigenvalue weighted by molar-refractivity contribution is 6.44. The summed E-state index contributed by atoms with van der Waals surface area (Å²) in [5, 5.41) is 13.2. The highest BCUT2D eigenvalue weighted by Crippen LogP contribution is 2.25. The number of carbonyl (C=O) groups is 2. The first-order valence-electron chi connectivity index (χ1n) is 6.53. The molecule has 2 amide bonds. The van der Waals surface area contributed by atoms with Gasteiger partial charge in [-0.2, -0.15) is 5.10 Å². The molecule has 8 heteroatoms. The van der Waals surface area contributed by atoms with Crippen molar-refractivity contribution in [3.63, 3.8) is 0 Å². The van der Waals surface area contributed by atoms with E-state index in [4.69, 9.17) is 23.2 Å². The van der Waals surface area contributed by atoms with E-state index in [0.29, 0.717) is 16.4 Å². The van der Waals surface area contributed by atoms with Crippen LogP contribution in [0.5, 0.6) is 0 Å². The summed E-state index contributed by atoms with van der Waals surface area (Å²) < 4.78 is 0. The average molecular weight is 349 g/mol. The number of halogens is 2. The van der Waals surface area contributed by atoms with Gasteiger partial charge in [-0.05, 0) is 36.4 Å². The van der Waals surface area contributed by atoms with Crippen LogP contribution in [0.4, 0.5) is 11.4 Å². The van der Waals surface area contributed by atoms with Gasteiger partial charge < -0.3 is 10.6 Å². The van der Waals surface area contributed by atoms with Crippen molar-refractivity contribution in [2.45, 2.75) is 0 Å². The van der Waals surface area contributed by atoms with Crippen molar-refractivity contribution in [2.24, 2.45) is 0 Å². The van der Waals surface area contributed by atoms with E-state index in [9.17, 15) is 9.59 Å². The van der Waals surface area contributed by atoms with Crippen LogP contribution in [0.3, 0.4) is 0 Å². The molecule has 0 aliphatic heterocycles. The second-order valence-corrected chi connectivity index (χ2v) is 5.52. The van der Waals surface area contributed by atoms with Crippen LogP contribution >= 0.6 is 23.2 Å². The molecule has 0 saturated carbocycles. The molecule has 0 radical (unpaired) electrons. The summed E-state index contributed by atoms with van der Waals surface area (Å²) >= 11 is 11.7. The maximum absolute atomic E-state index is 11.9. The number of carbonyl (C=O) groups excluding carboxylic acids is 2. The number of hydrogen-bond acceptors (Lipinski definition) is 3. The Morgan fingerprint density at radius 2 is 1.57 bits per heavy atom. The molecule has 0 aliphatic carbocycles. The number of aromatic amines is 1. The minimum Gasteiger partial charge on any atom is -0.318 e. The predicted octanol–water partition coefficient (Wildman–Crippen LogP) is 3.45. The van der Waals surface area contributed by atoms with Crippen molar-refractivity contribution in [3.05, 3.63) is 52.6 Å². The molecule has 3 aromatic rings. The number of hydrogen-bond donors (Lipinski definition) is 3. The van der Waals surface area contributed by atoms with Gasteiger partial charge in [-0.1, -0.05) is 23.2 Å². The van der Waals surface area contributed by atoms with Crippen molar-refractivity contribution in [3.8, 4) is 0 Å². The Kier molecular flexibility index (Phi) is 4.18. The third-order valence-electron chi connectivity index (χ3n) is 3.08. The Balaban J connectivity index is 1.69. The number of rotatable bonds is 2. The molecule has 1 heterocycles. The number of aromatic nitrogens is 2. The van der Waals surface area contributed by atoms with Gasteiger partial charge in [0, 0.05) is 16.8 Å². The molecule has 6 nitrogen and oxygen atoms in total. The highest BCUT2D eigenvalue weighted by atomic mass is 35.5. The lowest BCUT2D eigenvalue weighted by Crippen LogP contribution is -2.29. The lowest BCUT2D eigenvalue weighted by Gasteiger charge is -2.07. The number of H-pyrrole nitrogens is 1. The molecule has 0 unspecified atom stereocenters. The Hall–Kier alpha value is -2.57. The summed E-state index contributed by atoms with van der Waals surface area (Å²) in [5.41, 5.74) is 1.62. The highest BCUT2D eigenvalue weighted by Gasteiger charge is 2.15. The molecule has 2 aromatic carbocycles. The molecule has 3 rings (SSSR count). The fraction of sp³-hybridized carbons (Fsp3) is 0. The molecular formula is C15H10Cl2N4O2. The minimum absolute atomic E-state index is 0.287. The lowest BCUT2D eigenvalue weighted by atomic mass is 10.2. The topological polar surface area (TPSA) is 86.9 Å². The van der Waals surface area contributed by atoms with E-state index in [1.165, 1.54) is 12.1 Å². The Labute approximate surface area is 140 Å². The molecule has 0 aliphatic rings. The van der Waals surface area contributed by atoms with E-state index in [1.807, 2.05) is 0 Å². The summed E-state index contributed by atoms with van der Waals surface area (Å²) in [6.45, 7) is 0. The van der Waals surface area contributed by atoms with Gasteiger partial charge in [0.05, 0.1) is 21.8 Å². The molecule has 0 spiro atoms. The zero-order chi connectivity index (χ0) is 16.4. The third kappa shape index (κ3) is 3.44. The van der Waals surface area contributed by atoms with Gasteiger partial charge in [-0.25, -0.2) is 0 Å². The van der Waals surface area contributed by atoms with Gasteiger partial charge in [0.25, 0.3) is 0 Å². The van der Waals surface area contributed by atoms with E-state index in [2.05, 4.69) is 20.8 Å². The van der Waals surface area contributed by atoms with Gasteiger partial charge >= 0.3 is 11.8 Å². The van der Waals surface area contributed by atoms with Crippen LogP contribution in [0.2, 0.25) is 10.0 Å². The standard InChI is InChI=1S/C15H10Cl2N4O2/c16-11-4-3-9(5-12(11)17)19-14(22)15(23)20-10-2-1-8-7-18-21-13(8)6-10/h1-7H,(H,18,21)(H,19,22)(H,20,23). The summed E-state index contributed by atoms with van der Waals surface area (Å²) in [7, 11) is 0. The maximum Gasteiger partial charge on any atom is 0.314 e.